The standard InChI is InChI=1S/C23H27NO8/c1-14(26)21-17(12-20(29)24(8-10-25)9-11-31-2)22(19(28)13-18(21)27)23(30)15-4-6-16(32-3)7-5-15/h4-7,13,25,27-28H,8-12H2,1-3H3. The fraction of sp³-hybridized carbons (Fsp3) is 0.348. The molecule has 0 aliphatic heterocycles. The minimum Gasteiger partial charge on any atom is -0.507 e. The largest absolute Gasteiger partial charge is 0.507 e. The summed E-state index contributed by atoms with van der Waals surface area (Å²) in [6.07, 6.45) is -0.447. The van der Waals surface area contributed by atoms with Crippen molar-refractivity contribution in [3.05, 3.63) is 52.6 Å². The summed E-state index contributed by atoms with van der Waals surface area (Å²) in [5.74, 6) is -2.27. The molecule has 0 radical (unpaired) electrons. The lowest BCUT2D eigenvalue weighted by molar-refractivity contribution is -0.131. The molecule has 0 aromatic heterocycles. The third-order valence-corrected chi connectivity index (χ3v) is 4.94. The van der Waals surface area contributed by atoms with Crippen molar-refractivity contribution in [3.63, 3.8) is 0 Å². The molecule has 0 heterocycles. The van der Waals surface area contributed by atoms with Crippen LogP contribution in [-0.4, -0.2) is 78.2 Å². The first-order valence-corrected chi connectivity index (χ1v) is 9.90. The van der Waals surface area contributed by atoms with Crippen molar-refractivity contribution in [3.8, 4) is 17.2 Å². The van der Waals surface area contributed by atoms with Crippen molar-refractivity contribution in [1.82, 2.24) is 4.90 Å². The van der Waals surface area contributed by atoms with Crippen LogP contribution in [0, 0.1) is 0 Å². The summed E-state index contributed by atoms with van der Waals surface area (Å²) >= 11 is 0. The predicted molar refractivity (Wildman–Crippen MR) is 115 cm³/mol. The maximum Gasteiger partial charge on any atom is 0.227 e. The van der Waals surface area contributed by atoms with Crippen LogP contribution in [0.25, 0.3) is 0 Å². The molecule has 1 amide bonds. The molecule has 0 saturated heterocycles. The Morgan fingerprint density at radius 1 is 0.969 bits per heavy atom. The summed E-state index contributed by atoms with van der Waals surface area (Å²) in [6, 6.07) is 7.02. The second-order valence-corrected chi connectivity index (χ2v) is 7.03. The van der Waals surface area contributed by atoms with Gasteiger partial charge in [-0.25, -0.2) is 0 Å². The van der Waals surface area contributed by atoms with Gasteiger partial charge in [0.2, 0.25) is 5.91 Å². The number of carbonyl (C=O) groups excluding carboxylic acids is 3. The minimum absolute atomic E-state index is 0.0180. The Hall–Kier alpha value is -3.43. The molecule has 32 heavy (non-hydrogen) atoms. The van der Waals surface area contributed by atoms with E-state index in [2.05, 4.69) is 0 Å². The number of hydrogen-bond donors (Lipinski definition) is 3. The van der Waals surface area contributed by atoms with Crippen molar-refractivity contribution >= 4 is 17.5 Å². The Kier molecular flexibility index (Phi) is 8.74. The molecule has 0 aliphatic carbocycles. The van der Waals surface area contributed by atoms with E-state index in [4.69, 9.17) is 9.47 Å². The number of phenols is 2. The van der Waals surface area contributed by atoms with Crippen LogP contribution >= 0.6 is 0 Å². The Morgan fingerprint density at radius 2 is 1.59 bits per heavy atom. The van der Waals surface area contributed by atoms with Crippen molar-refractivity contribution in [2.45, 2.75) is 13.3 Å². The zero-order valence-electron chi connectivity index (χ0n) is 18.3. The van der Waals surface area contributed by atoms with Gasteiger partial charge in [-0.15, -0.1) is 0 Å². The molecule has 2 rings (SSSR count). The Labute approximate surface area is 185 Å². The molecule has 2 aromatic rings. The highest BCUT2D eigenvalue weighted by molar-refractivity contribution is 6.14. The van der Waals surface area contributed by atoms with Crippen molar-refractivity contribution in [2.75, 3.05) is 40.5 Å². The third-order valence-electron chi connectivity index (χ3n) is 4.94. The molecule has 9 nitrogen and oxygen atoms in total. The molecular weight excluding hydrogens is 418 g/mol. The number of hydrogen-bond acceptors (Lipinski definition) is 8. The number of nitrogens with zero attached hydrogens (tertiary/aromatic N) is 1. The minimum atomic E-state index is -0.624. The van der Waals surface area contributed by atoms with E-state index in [0.29, 0.717) is 5.75 Å². The lowest BCUT2D eigenvalue weighted by Crippen LogP contribution is -2.37. The SMILES string of the molecule is COCCN(CCO)C(=O)Cc1c(C(C)=O)c(O)cc(O)c1C(=O)c1ccc(OC)cc1. The first kappa shape index (κ1) is 24.8. The maximum absolute atomic E-state index is 13.2. The summed E-state index contributed by atoms with van der Waals surface area (Å²) in [5, 5.41) is 30.1. The number of benzene rings is 2. The van der Waals surface area contributed by atoms with Crippen molar-refractivity contribution < 1.29 is 39.2 Å². The normalized spacial score (nSPS) is 10.6. The van der Waals surface area contributed by atoms with Gasteiger partial charge in [0.15, 0.2) is 11.6 Å². The second-order valence-electron chi connectivity index (χ2n) is 7.03. The Bertz CT molecular complexity index is 984. The van der Waals surface area contributed by atoms with Crippen LogP contribution in [-0.2, 0) is 16.0 Å². The molecule has 172 valence electrons. The second kappa shape index (κ2) is 11.3. The van der Waals surface area contributed by atoms with Gasteiger partial charge >= 0.3 is 0 Å². The third kappa shape index (κ3) is 5.63. The van der Waals surface area contributed by atoms with Gasteiger partial charge in [-0.05, 0) is 36.8 Å². The van der Waals surface area contributed by atoms with E-state index in [-0.39, 0.29) is 48.6 Å². The molecule has 3 N–H and O–H groups in total. The smallest absolute Gasteiger partial charge is 0.227 e. The number of carbonyl (C=O) groups is 3. The molecule has 0 spiro atoms. The Morgan fingerprint density at radius 3 is 2.12 bits per heavy atom. The fourth-order valence-electron chi connectivity index (χ4n) is 3.36. The number of methoxy groups -OCH3 is 2. The molecule has 2 aromatic carbocycles. The molecule has 0 unspecified atom stereocenters. The number of phenolic OH excluding ortho intramolecular Hbond substituents is 2. The van der Waals surface area contributed by atoms with E-state index in [0.717, 1.165) is 6.07 Å². The molecule has 9 heteroatoms. The predicted octanol–water partition coefficient (Wildman–Crippen LogP) is 1.55. The van der Waals surface area contributed by atoms with E-state index in [9.17, 15) is 29.7 Å². The zero-order valence-corrected chi connectivity index (χ0v) is 18.3. The van der Waals surface area contributed by atoms with Gasteiger partial charge in [0.05, 0.1) is 37.9 Å². The zero-order chi connectivity index (χ0) is 23.8. The number of ether oxygens (including phenoxy) is 2. The average molecular weight is 445 g/mol. The highest BCUT2D eigenvalue weighted by atomic mass is 16.5. The van der Waals surface area contributed by atoms with Gasteiger partial charge in [-0.1, -0.05) is 0 Å². The summed E-state index contributed by atoms with van der Waals surface area (Å²) in [7, 11) is 2.95. The topological polar surface area (TPSA) is 134 Å². The van der Waals surface area contributed by atoms with Crippen LogP contribution < -0.4 is 4.74 Å². The van der Waals surface area contributed by atoms with Gasteiger partial charge in [-0.3, -0.25) is 14.4 Å². The number of rotatable bonds is 11. The van der Waals surface area contributed by atoms with Gasteiger partial charge in [0, 0.05) is 31.8 Å². The van der Waals surface area contributed by atoms with E-state index in [1.807, 2.05) is 0 Å². The first-order valence-electron chi connectivity index (χ1n) is 9.90. The first-order chi connectivity index (χ1) is 15.2. The van der Waals surface area contributed by atoms with Crippen LogP contribution in [0.4, 0.5) is 0 Å². The van der Waals surface area contributed by atoms with Crippen LogP contribution in [0.1, 0.15) is 38.8 Å². The van der Waals surface area contributed by atoms with E-state index >= 15 is 0 Å². The number of aliphatic hydroxyl groups is 1. The molecule has 0 bridgehead atoms. The summed E-state index contributed by atoms with van der Waals surface area (Å²) in [5.41, 5.74) is -0.353. The molecule has 0 fully saturated rings. The summed E-state index contributed by atoms with van der Waals surface area (Å²) in [4.78, 5) is 39.8. The number of Topliss-reactive ketones (excluding diaryl/α,β-unsaturated/α-hetero) is 1. The Balaban J connectivity index is 2.59. The maximum atomic E-state index is 13.2. The number of amides is 1. The van der Waals surface area contributed by atoms with Gasteiger partial charge in [0.1, 0.15) is 17.2 Å². The highest BCUT2D eigenvalue weighted by Crippen LogP contribution is 2.35. The number of aromatic hydroxyl groups is 2. The average Bonchev–Trinajstić information content (AvgIpc) is 2.75. The van der Waals surface area contributed by atoms with Crippen LogP contribution in [0.5, 0.6) is 17.2 Å². The number of ketones is 2. The molecular formula is C23H27NO8. The summed E-state index contributed by atoms with van der Waals surface area (Å²) in [6.45, 7) is 1.31. The lowest BCUT2D eigenvalue weighted by Gasteiger charge is -2.23. The fourth-order valence-corrected chi connectivity index (χ4v) is 3.36. The van der Waals surface area contributed by atoms with E-state index in [1.54, 1.807) is 12.1 Å². The van der Waals surface area contributed by atoms with Gasteiger partial charge in [-0.2, -0.15) is 0 Å². The monoisotopic (exact) mass is 445 g/mol. The van der Waals surface area contributed by atoms with E-state index in [1.165, 1.54) is 38.2 Å². The molecule has 0 aliphatic rings. The van der Waals surface area contributed by atoms with Crippen LogP contribution in [0.3, 0.4) is 0 Å². The molecule has 0 saturated carbocycles. The number of aliphatic hydroxyl groups excluding tert-OH is 1. The van der Waals surface area contributed by atoms with Gasteiger partial charge < -0.3 is 29.7 Å². The quantitative estimate of drug-likeness (QED) is 0.444. The lowest BCUT2D eigenvalue weighted by atomic mass is 9.89. The van der Waals surface area contributed by atoms with Crippen LogP contribution in [0.15, 0.2) is 30.3 Å². The molecule has 0 atom stereocenters. The van der Waals surface area contributed by atoms with Gasteiger partial charge in [0.25, 0.3) is 0 Å². The van der Waals surface area contributed by atoms with Crippen LogP contribution in [0.2, 0.25) is 0 Å². The van der Waals surface area contributed by atoms with Crippen molar-refractivity contribution in [1.29, 1.82) is 0 Å². The highest BCUT2D eigenvalue weighted by Gasteiger charge is 2.28. The summed E-state index contributed by atoms with van der Waals surface area (Å²) < 4.78 is 10.1. The van der Waals surface area contributed by atoms with Crippen molar-refractivity contribution in [2.24, 2.45) is 0 Å². The van der Waals surface area contributed by atoms with E-state index < -0.39 is 35.4 Å².